The fourth-order valence-corrected chi connectivity index (χ4v) is 3.32. The molecule has 1 aliphatic heterocycles. The summed E-state index contributed by atoms with van der Waals surface area (Å²) in [6.45, 7) is 1.85. The number of thiazole rings is 1. The molecular formula is C16H19N3O2S. The molecule has 2 aromatic rings. The Balaban J connectivity index is 1.55. The molecule has 116 valence electrons. The van der Waals surface area contributed by atoms with Gasteiger partial charge in [-0.3, -0.25) is 4.79 Å². The highest BCUT2D eigenvalue weighted by molar-refractivity contribution is 7.13. The Hall–Kier alpha value is -2.08. The first kappa shape index (κ1) is 14.8. The average Bonchev–Trinajstić information content (AvgIpc) is 3.10. The molecule has 1 aliphatic rings. The van der Waals surface area contributed by atoms with Crippen LogP contribution in [0.5, 0.6) is 5.75 Å². The monoisotopic (exact) mass is 317 g/mol. The molecule has 0 radical (unpaired) electrons. The number of nitrogens with zero attached hydrogens (tertiary/aromatic N) is 2. The van der Waals surface area contributed by atoms with Crippen molar-refractivity contribution in [2.75, 3.05) is 25.1 Å². The van der Waals surface area contributed by atoms with Gasteiger partial charge in [-0.25, -0.2) is 4.98 Å². The lowest BCUT2D eigenvalue weighted by Crippen LogP contribution is -2.44. The molecule has 1 aromatic heterocycles. The van der Waals surface area contributed by atoms with Gasteiger partial charge in [0.25, 0.3) is 5.91 Å². The molecule has 0 atom stereocenters. The van der Waals surface area contributed by atoms with Crippen LogP contribution >= 0.6 is 11.3 Å². The predicted octanol–water partition coefficient (Wildman–Crippen LogP) is 2.55. The minimum Gasteiger partial charge on any atom is -0.497 e. The number of nitrogens with one attached hydrogen (secondary N) is 1. The third kappa shape index (κ3) is 3.39. The van der Waals surface area contributed by atoms with Gasteiger partial charge >= 0.3 is 0 Å². The number of hydrogen-bond acceptors (Lipinski definition) is 5. The number of rotatable bonds is 4. The predicted molar refractivity (Wildman–Crippen MR) is 87.8 cm³/mol. The first-order chi connectivity index (χ1) is 10.8. The molecule has 0 unspecified atom stereocenters. The summed E-state index contributed by atoms with van der Waals surface area (Å²) in [5, 5.41) is 6.17. The summed E-state index contributed by atoms with van der Waals surface area (Å²) in [5.41, 5.74) is 0.640. The van der Waals surface area contributed by atoms with Crippen LogP contribution in [0.2, 0.25) is 0 Å². The van der Waals surface area contributed by atoms with E-state index < -0.39 is 0 Å². The van der Waals surface area contributed by atoms with Crippen molar-refractivity contribution in [1.29, 1.82) is 0 Å². The summed E-state index contributed by atoms with van der Waals surface area (Å²) in [6.07, 6.45) is 3.71. The normalized spacial score (nSPS) is 15.6. The minimum absolute atomic E-state index is 0.0356. The number of anilines is 1. The fourth-order valence-electron chi connectivity index (χ4n) is 2.62. The van der Waals surface area contributed by atoms with Crippen LogP contribution in [0.4, 0.5) is 5.13 Å². The maximum atomic E-state index is 12.3. The quantitative estimate of drug-likeness (QED) is 0.941. The Morgan fingerprint density at radius 1 is 1.41 bits per heavy atom. The van der Waals surface area contributed by atoms with Crippen LogP contribution < -0.4 is 15.0 Å². The highest BCUT2D eigenvalue weighted by atomic mass is 32.1. The third-order valence-electron chi connectivity index (χ3n) is 3.85. The number of ether oxygens (including phenoxy) is 1. The van der Waals surface area contributed by atoms with Crippen LogP contribution in [0.3, 0.4) is 0 Å². The molecule has 1 N–H and O–H groups in total. The molecule has 6 heteroatoms. The number of aromatic nitrogens is 1. The van der Waals surface area contributed by atoms with Gasteiger partial charge in [0.2, 0.25) is 0 Å². The molecule has 3 rings (SSSR count). The van der Waals surface area contributed by atoms with Gasteiger partial charge in [0.15, 0.2) is 5.13 Å². The maximum Gasteiger partial charge on any atom is 0.251 e. The molecule has 0 spiro atoms. The number of methoxy groups -OCH3 is 1. The minimum atomic E-state index is -0.0356. The van der Waals surface area contributed by atoms with E-state index in [4.69, 9.17) is 4.74 Å². The van der Waals surface area contributed by atoms with Gasteiger partial charge in [0.05, 0.1) is 7.11 Å². The van der Waals surface area contributed by atoms with E-state index in [1.807, 2.05) is 29.8 Å². The van der Waals surface area contributed by atoms with E-state index in [1.54, 1.807) is 24.5 Å². The lowest BCUT2D eigenvalue weighted by atomic mass is 10.0. The summed E-state index contributed by atoms with van der Waals surface area (Å²) in [6, 6.07) is 7.46. The van der Waals surface area contributed by atoms with Crippen molar-refractivity contribution in [2.24, 2.45) is 0 Å². The number of hydrogen-bond donors (Lipinski definition) is 1. The Kier molecular flexibility index (Phi) is 4.58. The Labute approximate surface area is 133 Å². The molecule has 2 heterocycles. The van der Waals surface area contributed by atoms with Crippen LogP contribution in [-0.2, 0) is 0 Å². The van der Waals surface area contributed by atoms with Crippen molar-refractivity contribution in [3.05, 3.63) is 41.4 Å². The fraction of sp³-hybridized carbons (Fsp3) is 0.375. The van der Waals surface area contributed by atoms with Crippen LogP contribution in [0.25, 0.3) is 0 Å². The third-order valence-corrected chi connectivity index (χ3v) is 4.68. The lowest BCUT2D eigenvalue weighted by molar-refractivity contribution is 0.0931. The molecule has 0 aliphatic carbocycles. The summed E-state index contributed by atoms with van der Waals surface area (Å²) < 4.78 is 5.16. The maximum absolute atomic E-state index is 12.3. The van der Waals surface area contributed by atoms with E-state index in [9.17, 15) is 4.79 Å². The molecule has 22 heavy (non-hydrogen) atoms. The van der Waals surface area contributed by atoms with Crippen molar-refractivity contribution in [2.45, 2.75) is 18.9 Å². The summed E-state index contributed by atoms with van der Waals surface area (Å²) in [5.74, 6) is 0.665. The zero-order chi connectivity index (χ0) is 15.4. The van der Waals surface area contributed by atoms with Crippen molar-refractivity contribution >= 4 is 22.4 Å². The second-order valence-corrected chi connectivity index (χ2v) is 6.15. The largest absolute Gasteiger partial charge is 0.497 e. The van der Waals surface area contributed by atoms with E-state index in [-0.39, 0.29) is 11.9 Å². The van der Waals surface area contributed by atoms with Gasteiger partial charge in [0, 0.05) is 36.3 Å². The highest BCUT2D eigenvalue weighted by Gasteiger charge is 2.22. The summed E-state index contributed by atoms with van der Waals surface area (Å²) >= 11 is 1.66. The van der Waals surface area contributed by atoms with Crippen molar-refractivity contribution in [1.82, 2.24) is 10.3 Å². The number of piperidine rings is 1. The van der Waals surface area contributed by atoms with E-state index >= 15 is 0 Å². The Morgan fingerprint density at radius 2 is 2.23 bits per heavy atom. The Morgan fingerprint density at radius 3 is 2.91 bits per heavy atom. The molecule has 1 amide bonds. The van der Waals surface area contributed by atoms with Gasteiger partial charge in [0.1, 0.15) is 5.75 Å². The molecule has 0 saturated carbocycles. The highest BCUT2D eigenvalue weighted by Crippen LogP contribution is 2.22. The van der Waals surface area contributed by atoms with Gasteiger partial charge < -0.3 is 15.0 Å². The topological polar surface area (TPSA) is 54.5 Å². The summed E-state index contributed by atoms with van der Waals surface area (Å²) in [7, 11) is 1.60. The van der Waals surface area contributed by atoms with Gasteiger partial charge in [-0.05, 0) is 31.0 Å². The number of carbonyl (C=O) groups excluding carboxylic acids is 1. The molecule has 1 fully saturated rings. The van der Waals surface area contributed by atoms with Crippen LogP contribution in [0.1, 0.15) is 23.2 Å². The average molecular weight is 317 g/mol. The molecule has 5 nitrogen and oxygen atoms in total. The van der Waals surface area contributed by atoms with Crippen molar-refractivity contribution in [3.63, 3.8) is 0 Å². The first-order valence-electron chi connectivity index (χ1n) is 7.35. The van der Waals surface area contributed by atoms with Crippen molar-refractivity contribution in [3.8, 4) is 5.75 Å². The standard InChI is InChI=1S/C16H19N3O2S/c1-21-14-4-2-3-12(11-14)15(20)18-13-5-8-19(9-6-13)16-17-7-10-22-16/h2-4,7,10-11,13H,5-6,8-9H2,1H3,(H,18,20). The SMILES string of the molecule is COc1cccc(C(=O)NC2CCN(c3nccs3)CC2)c1. The van der Waals surface area contributed by atoms with Gasteiger partial charge in [-0.1, -0.05) is 6.07 Å². The number of amides is 1. The zero-order valence-corrected chi connectivity index (χ0v) is 13.3. The van der Waals surface area contributed by atoms with E-state index in [2.05, 4.69) is 15.2 Å². The second-order valence-electron chi connectivity index (χ2n) is 5.28. The molecule has 0 bridgehead atoms. The van der Waals surface area contributed by atoms with Crippen molar-refractivity contribution < 1.29 is 9.53 Å². The second kappa shape index (κ2) is 6.79. The number of carbonyl (C=O) groups is 1. The van der Waals surface area contributed by atoms with Crippen LogP contribution in [-0.4, -0.2) is 37.1 Å². The molecule has 1 saturated heterocycles. The smallest absolute Gasteiger partial charge is 0.251 e. The first-order valence-corrected chi connectivity index (χ1v) is 8.23. The van der Waals surface area contributed by atoms with E-state index in [0.29, 0.717) is 11.3 Å². The van der Waals surface area contributed by atoms with Gasteiger partial charge in [-0.2, -0.15) is 0 Å². The number of benzene rings is 1. The zero-order valence-electron chi connectivity index (χ0n) is 12.5. The molecular weight excluding hydrogens is 298 g/mol. The molecule has 1 aromatic carbocycles. The Bertz CT molecular complexity index is 622. The van der Waals surface area contributed by atoms with Gasteiger partial charge in [-0.15, -0.1) is 11.3 Å². The van der Waals surface area contributed by atoms with Crippen LogP contribution in [0.15, 0.2) is 35.8 Å². The van der Waals surface area contributed by atoms with E-state index in [1.165, 1.54) is 0 Å². The van der Waals surface area contributed by atoms with E-state index in [0.717, 1.165) is 31.1 Å². The van der Waals surface area contributed by atoms with Crippen LogP contribution in [0, 0.1) is 0 Å². The summed E-state index contributed by atoms with van der Waals surface area (Å²) in [4.78, 5) is 18.9. The lowest BCUT2D eigenvalue weighted by Gasteiger charge is -2.32.